The molecule has 1 aromatic heterocycles. The van der Waals surface area contributed by atoms with E-state index in [-0.39, 0.29) is 0 Å². The lowest BCUT2D eigenvalue weighted by Gasteiger charge is -2.08. The van der Waals surface area contributed by atoms with Gasteiger partial charge in [-0.1, -0.05) is 15.9 Å². The summed E-state index contributed by atoms with van der Waals surface area (Å²) in [5, 5.41) is 3.33. The van der Waals surface area contributed by atoms with Gasteiger partial charge in [-0.2, -0.15) is 0 Å². The quantitative estimate of drug-likeness (QED) is 0.927. The van der Waals surface area contributed by atoms with E-state index in [1.165, 1.54) is 12.8 Å². The Balaban J connectivity index is 1.82. The maximum absolute atomic E-state index is 4.34. The highest BCUT2D eigenvalue weighted by molar-refractivity contribution is 9.10. The van der Waals surface area contributed by atoms with Crippen LogP contribution in [0.5, 0.6) is 0 Å². The van der Waals surface area contributed by atoms with Gasteiger partial charge in [0.05, 0.1) is 0 Å². The zero-order valence-electron chi connectivity index (χ0n) is 8.73. The first-order valence-electron chi connectivity index (χ1n) is 5.38. The first-order valence-corrected chi connectivity index (χ1v) is 6.17. The Morgan fingerprint density at radius 2 is 2.00 bits per heavy atom. The molecule has 0 unspecified atom stereocenters. The van der Waals surface area contributed by atoms with Crippen molar-refractivity contribution in [1.82, 2.24) is 9.55 Å². The van der Waals surface area contributed by atoms with Gasteiger partial charge in [-0.05, 0) is 37.1 Å². The Kier molecular flexibility index (Phi) is 2.44. The molecule has 1 aliphatic carbocycles. The van der Waals surface area contributed by atoms with E-state index in [1.807, 2.05) is 36.7 Å². The molecule has 0 atom stereocenters. The molecule has 1 fully saturated rings. The van der Waals surface area contributed by atoms with Crippen molar-refractivity contribution in [1.29, 1.82) is 0 Å². The van der Waals surface area contributed by atoms with Crippen LogP contribution < -0.4 is 5.32 Å². The second-order valence-electron chi connectivity index (χ2n) is 4.02. The topological polar surface area (TPSA) is 29.9 Å². The van der Waals surface area contributed by atoms with Gasteiger partial charge < -0.3 is 9.88 Å². The van der Waals surface area contributed by atoms with Crippen LogP contribution in [0.3, 0.4) is 0 Å². The van der Waals surface area contributed by atoms with Crippen LogP contribution in [-0.2, 0) is 0 Å². The zero-order chi connectivity index (χ0) is 11.0. The molecule has 4 heteroatoms. The second-order valence-corrected chi connectivity index (χ2v) is 4.94. The minimum atomic E-state index is 0.653. The van der Waals surface area contributed by atoms with Gasteiger partial charge in [0, 0.05) is 28.6 Å². The standard InChI is InChI=1S/C12H12BrN3/c13-9-1-3-10(4-2-9)15-12-14-7-8-16(12)11-5-6-11/h1-4,7-8,11H,5-6H2,(H,14,15). The van der Waals surface area contributed by atoms with Gasteiger partial charge in [-0.25, -0.2) is 4.98 Å². The van der Waals surface area contributed by atoms with Crippen molar-refractivity contribution in [3.05, 3.63) is 41.1 Å². The Morgan fingerprint density at radius 3 is 2.69 bits per heavy atom. The van der Waals surface area contributed by atoms with Gasteiger partial charge in [0.25, 0.3) is 0 Å². The minimum Gasteiger partial charge on any atom is -0.326 e. The summed E-state index contributed by atoms with van der Waals surface area (Å²) in [6.07, 6.45) is 6.43. The van der Waals surface area contributed by atoms with E-state index in [1.54, 1.807) is 0 Å². The van der Waals surface area contributed by atoms with Crippen LogP contribution in [0.25, 0.3) is 0 Å². The fraction of sp³-hybridized carbons (Fsp3) is 0.250. The van der Waals surface area contributed by atoms with Gasteiger partial charge in [0.1, 0.15) is 0 Å². The predicted molar refractivity (Wildman–Crippen MR) is 67.9 cm³/mol. The maximum Gasteiger partial charge on any atom is 0.207 e. The smallest absolute Gasteiger partial charge is 0.207 e. The molecule has 1 aliphatic rings. The summed E-state index contributed by atoms with van der Waals surface area (Å²) in [6.45, 7) is 0. The maximum atomic E-state index is 4.34. The van der Waals surface area contributed by atoms with E-state index in [4.69, 9.17) is 0 Å². The first kappa shape index (κ1) is 9.90. The van der Waals surface area contributed by atoms with Crippen molar-refractivity contribution in [3.8, 4) is 0 Å². The first-order chi connectivity index (χ1) is 7.83. The molecule has 1 heterocycles. The van der Waals surface area contributed by atoms with Crippen LogP contribution in [0.1, 0.15) is 18.9 Å². The molecule has 0 radical (unpaired) electrons. The molecule has 16 heavy (non-hydrogen) atoms. The highest BCUT2D eigenvalue weighted by atomic mass is 79.9. The van der Waals surface area contributed by atoms with Gasteiger partial charge in [0.2, 0.25) is 5.95 Å². The molecule has 0 bridgehead atoms. The molecule has 0 spiro atoms. The molecular formula is C12H12BrN3. The third-order valence-corrected chi connectivity index (χ3v) is 3.24. The van der Waals surface area contributed by atoms with Gasteiger partial charge in [0.15, 0.2) is 0 Å². The van der Waals surface area contributed by atoms with Crippen LogP contribution in [0, 0.1) is 0 Å². The Morgan fingerprint density at radius 1 is 1.25 bits per heavy atom. The van der Waals surface area contributed by atoms with E-state index >= 15 is 0 Å². The van der Waals surface area contributed by atoms with Crippen molar-refractivity contribution in [2.75, 3.05) is 5.32 Å². The average Bonchev–Trinajstić information content (AvgIpc) is 3.03. The molecule has 2 aromatic rings. The highest BCUT2D eigenvalue weighted by Crippen LogP contribution is 2.37. The van der Waals surface area contributed by atoms with Crippen molar-refractivity contribution in [3.63, 3.8) is 0 Å². The number of anilines is 2. The lowest BCUT2D eigenvalue weighted by molar-refractivity contribution is 0.751. The van der Waals surface area contributed by atoms with Gasteiger partial charge in [-0.3, -0.25) is 0 Å². The summed E-state index contributed by atoms with van der Waals surface area (Å²) >= 11 is 3.42. The third-order valence-electron chi connectivity index (χ3n) is 2.71. The summed E-state index contributed by atoms with van der Waals surface area (Å²) in [5.41, 5.74) is 1.07. The number of halogens is 1. The fourth-order valence-electron chi connectivity index (χ4n) is 1.72. The molecule has 1 aromatic carbocycles. The summed E-state index contributed by atoms with van der Waals surface area (Å²) in [4.78, 5) is 4.34. The Labute approximate surface area is 103 Å². The molecule has 0 saturated heterocycles. The number of imidazole rings is 1. The summed E-state index contributed by atoms with van der Waals surface area (Å²) < 4.78 is 3.30. The van der Waals surface area contributed by atoms with E-state index in [9.17, 15) is 0 Å². The molecule has 1 saturated carbocycles. The van der Waals surface area contributed by atoms with Crippen LogP contribution in [0.4, 0.5) is 11.6 Å². The third kappa shape index (κ3) is 1.97. The lowest BCUT2D eigenvalue weighted by atomic mass is 10.3. The number of hydrogen-bond donors (Lipinski definition) is 1. The van der Waals surface area contributed by atoms with E-state index in [0.717, 1.165) is 16.1 Å². The number of benzene rings is 1. The summed E-state index contributed by atoms with van der Waals surface area (Å²) in [6, 6.07) is 8.77. The zero-order valence-corrected chi connectivity index (χ0v) is 10.3. The lowest BCUT2D eigenvalue weighted by Crippen LogP contribution is -2.00. The van der Waals surface area contributed by atoms with Crippen molar-refractivity contribution in [2.24, 2.45) is 0 Å². The molecule has 3 nitrogen and oxygen atoms in total. The molecule has 1 N–H and O–H groups in total. The van der Waals surface area contributed by atoms with Crippen molar-refractivity contribution in [2.45, 2.75) is 18.9 Å². The molecule has 0 amide bonds. The normalized spacial score (nSPS) is 15.1. The van der Waals surface area contributed by atoms with Gasteiger partial charge in [-0.15, -0.1) is 0 Å². The number of nitrogens with one attached hydrogen (secondary N) is 1. The van der Waals surface area contributed by atoms with E-state index in [0.29, 0.717) is 6.04 Å². The van der Waals surface area contributed by atoms with Crippen molar-refractivity contribution >= 4 is 27.6 Å². The molecule has 3 rings (SSSR count). The van der Waals surface area contributed by atoms with Crippen LogP contribution in [0.15, 0.2) is 41.1 Å². The second kappa shape index (κ2) is 3.94. The van der Waals surface area contributed by atoms with E-state index in [2.05, 4.69) is 30.8 Å². The number of nitrogens with zero attached hydrogens (tertiary/aromatic N) is 2. The Hall–Kier alpha value is -1.29. The van der Waals surface area contributed by atoms with Crippen LogP contribution >= 0.6 is 15.9 Å². The number of rotatable bonds is 3. The highest BCUT2D eigenvalue weighted by Gasteiger charge is 2.25. The Bertz CT molecular complexity index is 485. The largest absolute Gasteiger partial charge is 0.326 e. The predicted octanol–water partition coefficient (Wildman–Crippen LogP) is 3.72. The monoisotopic (exact) mass is 277 g/mol. The fourth-order valence-corrected chi connectivity index (χ4v) is 1.98. The van der Waals surface area contributed by atoms with Crippen LogP contribution in [-0.4, -0.2) is 9.55 Å². The van der Waals surface area contributed by atoms with Crippen molar-refractivity contribution < 1.29 is 0 Å². The number of hydrogen-bond acceptors (Lipinski definition) is 2. The van der Waals surface area contributed by atoms with Gasteiger partial charge >= 0.3 is 0 Å². The molecular weight excluding hydrogens is 266 g/mol. The molecule has 0 aliphatic heterocycles. The minimum absolute atomic E-state index is 0.653. The number of aromatic nitrogens is 2. The SMILES string of the molecule is Brc1ccc(Nc2nccn2C2CC2)cc1. The summed E-state index contributed by atoms with van der Waals surface area (Å²) in [7, 11) is 0. The molecule has 82 valence electrons. The van der Waals surface area contributed by atoms with E-state index < -0.39 is 0 Å². The summed E-state index contributed by atoms with van der Waals surface area (Å²) in [5.74, 6) is 0.935. The van der Waals surface area contributed by atoms with Crippen LogP contribution in [0.2, 0.25) is 0 Å². The average molecular weight is 278 g/mol.